The quantitative estimate of drug-likeness (QED) is 0.928. The Labute approximate surface area is 116 Å². The molecular formula is C16H15FN2O. The molecule has 0 spiro atoms. The summed E-state index contributed by atoms with van der Waals surface area (Å²) >= 11 is 0. The maximum absolute atomic E-state index is 13.6. The molecule has 3 nitrogen and oxygen atoms in total. The predicted molar refractivity (Wildman–Crippen MR) is 73.3 cm³/mol. The first-order chi connectivity index (χ1) is 9.75. The van der Waals surface area contributed by atoms with Crippen molar-refractivity contribution >= 4 is 5.91 Å². The van der Waals surface area contributed by atoms with Crippen LogP contribution >= 0.6 is 0 Å². The normalized spacial score (nSPS) is 20.4. The fourth-order valence-corrected chi connectivity index (χ4v) is 2.43. The van der Waals surface area contributed by atoms with E-state index < -0.39 is 0 Å². The number of benzene rings is 1. The van der Waals surface area contributed by atoms with E-state index in [0.29, 0.717) is 12.1 Å². The summed E-state index contributed by atoms with van der Waals surface area (Å²) in [7, 11) is 0. The third-order valence-corrected chi connectivity index (χ3v) is 3.65. The van der Waals surface area contributed by atoms with Gasteiger partial charge in [-0.3, -0.25) is 9.78 Å². The third kappa shape index (κ3) is 2.69. The zero-order valence-corrected chi connectivity index (χ0v) is 10.9. The molecule has 2 atom stereocenters. The number of carbonyl (C=O) groups excluding carboxylic acids is 1. The second kappa shape index (κ2) is 5.41. The van der Waals surface area contributed by atoms with Gasteiger partial charge >= 0.3 is 0 Å². The molecule has 20 heavy (non-hydrogen) atoms. The highest BCUT2D eigenvalue weighted by molar-refractivity contribution is 5.82. The Bertz CT molecular complexity index is 615. The average Bonchev–Trinajstić information content (AvgIpc) is 3.27. The number of hydrogen-bond donors (Lipinski definition) is 1. The Balaban J connectivity index is 1.57. The van der Waals surface area contributed by atoms with E-state index in [9.17, 15) is 9.18 Å². The highest BCUT2D eigenvalue weighted by Gasteiger charge is 2.44. The lowest BCUT2D eigenvalue weighted by Crippen LogP contribution is -2.24. The first-order valence-electron chi connectivity index (χ1n) is 6.67. The topological polar surface area (TPSA) is 42.0 Å². The number of carbonyl (C=O) groups is 1. The molecule has 1 aliphatic carbocycles. The number of amides is 1. The summed E-state index contributed by atoms with van der Waals surface area (Å²) in [6.07, 6.45) is 4.12. The Morgan fingerprint density at radius 3 is 2.75 bits per heavy atom. The molecule has 1 aliphatic rings. The van der Waals surface area contributed by atoms with Crippen molar-refractivity contribution in [1.82, 2.24) is 10.3 Å². The smallest absolute Gasteiger partial charge is 0.224 e. The highest BCUT2D eigenvalue weighted by Crippen LogP contribution is 2.48. The Morgan fingerprint density at radius 1 is 1.25 bits per heavy atom. The van der Waals surface area contributed by atoms with Gasteiger partial charge in [0.1, 0.15) is 5.82 Å². The van der Waals surface area contributed by atoms with Crippen LogP contribution in [0.4, 0.5) is 4.39 Å². The van der Waals surface area contributed by atoms with Crippen LogP contribution in [-0.2, 0) is 11.3 Å². The van der Waals surface area contributed by atoms with Crippen LogP contribution in [-0.4, -0.2) is 10.9 Å². The molecule has 1 aromatic carbocycles. The van der Waals surface area contributed by atoms with E-state index in [1.165, 1.54) is 6.07 Å². The number of pyridine rings is 1. The van der Waals surface area contributed by atoms with Crippen molar-refractivity contribution in [3.8, 4) is 0 Å². The monoisotopic (exact) mass is 270 g/mol. The van der Waals surface area contributed by atoms with Gasteiger partial charge in [0.15, 0.2) is 0 Å². The van der Waals surface area contributed by atoms with Crippen molar-refractivity contribution in [2.75, 3.05) is 0 Å². The Kier molecular flexibility index (Phi) is 3.46. The van der Waals surface area contributed by atoms with Crippen molar-refractivity contribution in [3.05, 3.63) is 65.7 Å². The number of rotatable bonds is 4. The van der Waals surface area contributed by atoms with Gasteiger partial charge in [0.25, 0.3) is 0 Å². The van der Waals surface area contributed by atoms with E-state index in [1.54, 1.807) is 24.5 Å². The summed E-state index contributed by atoms with van der Waals surface area (Å²) < 4.78 is 13.6. The molecule has 0 bridgehead atoms. The molecule has 0 aliphatic heterocycles. The van der Waals surface area contributed by atoms with Crippen LogP contribution in [0.5, 0.6) is 0 Å². The van der Waals surface area contributed by atoms with Crippen LogP contribution in [0.25, 0.3) is 0 Å². The van der Waals surface area contributed by atoms with Gasteiger partial charge < -0.3 is 5.32 Å². The molecule has 1 fully saturated rings. The molecule has 1 N–H and O–H groups in total. The van der Waals surface area contributed by atoms with Crippen LogP contribution in [0, 0.1) is 11.7 Å². The van der Waals surface area contributed by atoms with Crippen molar-refractivity contribution in [2.24, 2.45) is 5.92 Å². The Morgan fingerprint density at radius 2 is 2.00 bits per heavy atom. The average molecular weight is 270 g/mol. The van der Waals surface area contributed by atoms with Crippen molar-refractivity contribution in [2.45, 2.75) is 18.9 Å². The zero-order valence-electron chi connectivity index (χ0n) is 10.9. The van der Waals surface area contributed by atoms with Crippen molar-refractivity contribution < 1.29 is 9.18 Å². The number of nitrogens with zero attached hydrogens (tertiary/aromatic N) is 1. The van der Waals surface area contributed by atoms with Gasteiger partial charge in [0.05, 0.1) is 0 Å². The maximum atomic E-state index is 13.6. The van der Waals surface area contributed by atoms with Gasteiger partial charge in [-0.25, -0.2) is 4.39 Å². The van der Waals surface area contributed by atoms with Crippen LogP contribution in [0.1, 0.15) is 23.5 Å². The number of aromatic nitrogens is 1. The lowest BCUT2D eigenvalue weighted by molar-refractivity contribution is -0.122. The molecule has 102 valence electrons. The summed E-state index contributed by atoms with van der Waals surface area (Å²) in [5, 5.41) is 2.89. The molecule has 1 aromatic heterocycles. The molecule has 0 saturated heterocycles. The SMILES string of the molecule is O=C(NCc1ccncc1)[C@H]1C[C@@H]1c1ccccc1F. The van der Waals surface area contributed by atoms with Gasteiger partial charge in [0.2, 0.25) is 5.91 Å². The summed E-state index contributed by atoms with van der Waals surface area (Å²) in [6.45, 7) is 0.488. The van der Waals surface area contributed by atoms with Crippen LogP contribution in [0.3, 0.4) is 0 Å². The number of halogens is 1. The largest absolute Gasteiger partial charge is 0.352 e. The third-order valence-electron chi connectivity index (χ3n) is 3.65. The summed E-state index contributed by atoms with van der Waals surface area (Å²) in [6, 6.07) is 10.4. The van der Waals surface area contributed by atoms with Gasteiger partial charge in [-0.05, 0) is 41.7 Å². The minimum Gasteiger partial charge on any atom is -0.352 e. The minimum absolute atomic E-state index is 0.00457. The lowest BCUT2D eigenvalue weighted by Gasteiger charge is -2.05. The van der Waals surface area contributed by atoms with E-state index in [-0.39, 0.29) is 23.6 Å². The molecule has 1 heterocycles. The van der Waals surface area contributed by atoms with E-state index >= 15 is 0 Å². The van der Waals surface area contributed by atoms with E-state index in [2.05, 4.69) is 10.3 Å². The number of nitrogens with one attached hydrogen (secondary N) is 1. The van der Waals surface area contributed by atoms with Crippen molar-refractivity contribution in [3.63, 3.8) is 0 Å². The molecule has 1 saturated carbocycles. The highest BCUT2D eigenvalue weighted by atomic mass is 19.1. The second-order valence-corrected chi connectivity index (χ2v) is 5.04. The van der Waals surface area contributed by atoms with E-state index in [1.807, 2.05) is 18.2 Å². The molecule has 3 rings (SSSR count). The fourth-order valence-electron chi connectivity index (χ4n) is 2.43. The standard InChI is InChI=1S/C16H15FN2O/c17-15-4-2-1-3-12(15)13-9-14(13)16(20)19-10-11-5-7-18-8-6-11/h1-8,13-14H,9-10H2,(H,19,20)/t13-,14+/m1/s1. The second-order valence-electron chi connectivity index (χ2n) is 5.04. The fraction of sp³-hybridized carbons (Fsp3) is 0.250. The molecule has 0 radical (unpaired) electrons. The molecule has 0 unspecified atom stereocenters. The van der Waals surface area contributed by atoms with Crippen LogP contribution in [0.15, 0.2) is 48.8 Å². The molecular weight excluding hydrogens is 255 g/mol. The predicted octanol–water partition coefficient (Wildman–Crippen LogP) is 2.64. The van der Waals surface area contributed by atoms with Gasteiger partial charge in [-0.15, -0.1) is 0 Å². The zero-order chi connectivity index (χ0) is 13.9. The summed E-state index contributed by atoms with van der Waals surface area (Å²) in [5.41, 5.74) is 1.66. The lowest BCUT2D eigenvalue weighted by atomic mass is 10.1. The minimum atomic E-state index is -0.220. The van der Waals surface area contributed by atoms with Crippen LogP contribution in [0.2, 0.25) is 0 Å². The Hall–Kier alpha value is -2.23. The van der Waals surface area contributed by atoms with Crippen molar-refractivity contribution in [1.29, 1.82) is 0 Å². The van der Waals surface area contributed by atoms with Gasteiger partial charge in [-0.1, -0.05) is 18.2 Å². The number of hydrogen-bond acceptors (Lipinski definition) is 2. The van der Waals surface area contributed by atoms with Crippen LogP contribution < -0.4 is 5.32 Å². The molecule has 1 amide bonds. The van der Waals surface area contributed by atoms with Gasteiger partial charge in [-0.2, -0.15) is 0 Å². The molecule has 2 aromatic rings. The summed E-state index contributed by atoms with van der Waals surface area (Å²) in [5.74, 6) is -0.306. The van der Waals surface area contributed by atoms with Gasteiger partial charge in [0, 0.05) is 24.9 Å². The first-order valence-corrected chi connectivity index (χ1v) is 6.67. The summed E-state index contributed by atoms with van der Waals surface area (Å²) in [4.78, 5) is 16.0. The van der Waals surface area contributed by atoms with E-state index in [4.69, 9.17) is 0 Å². The first kappa shape index (κ1) is 12.8. The van der Waals surface area contributed by atoms with E-state index in [0.717, 1.165) is 12.0 Å². The maximum Gasteiger partial charge on any atom is 0.224 e. The molecule has 4 heteroatoms.